The first-order valence-corrected chi connectivity index (χ1v) is 8.92. The van der Waals surface area contributed by atoms with Gasteiger partial charge in [0.25, 0.3) is 0 Å². The van der Waals surface area contributed by atoms with E-state index in [0.29, 0.717) is 20.6 Å². The third-order valence-electron chi connectivity index (χ3n) is 3.30. The molecule has 1 aromatic heterocycles. The van der Waals surface area contributed by atoms with Gasteiger partial charge in [-0.3, -0.25) is 0 Å². The number of aryl methyl sites for hydroxylation is 1. The van der Waals surface area contributed by atoms with Crippen LogP contribution in [0.3, 0.4) is 0 Å². The average molecular weight is 468 g/mol. The highest BCUT2D eigenvalue weighted by molar-refractivity contribution is 9.11. The van der Waals surface area contributed by atoms with Crippen molar-refractivity contribution in [3.63, 3.8) is 0 Å². The molecule has 5 nitrogen and oxygen atoms in total. The summed E-state index contributed by atoms with van der Waals surface area (Å²) in [6, 6.07) is 11.4. The Balaban J connectivity index is 2.06. The SMILES string of the molecule is Cc1cccc(-c2n[nH]c(=S)n2N=Cc2cc(Br)cc(Br)c2O)c1. The van der Waals surface area contributed by atoms with Crippen molar-refractivity contribution in [2.75, 3.05) is 0 Å². The van der Waals surface area contributed by atoms with E-state index in [-0.39, 0.29) is 5.75 Å². The lowest BCUT2D eigenvalue weighted by molar-refractivity contribution is 0.471. The standard InChI is InChI=1S/C16H12Br2N4OS/c1-9-3-2-4-10(5-9)15-20-21-16(24)22(15)19-8-11-6-12(17)7-13(18)14(11)23/h2-8,23H,1H3,(H,21,24). The molecule has 0 spiro atoms. The van der Waals surface area contributed by atoms with Crippen LogP contribution >= 0.6 is 44.1 Å². The highest BCUT2D eigenvalue weighted by Gasteiger charge is 2.09. The molecule has 0 bridgehead atoms. The zero-order valence-electron chi connectivity index (χ0n) is 12.5. The second kappa shape index (κ2) is 7.00. The lowest BCUT2D eigenvalue weighted by Gasteiger charge is -2.04. The number of benzene rings is 2. The van der Waals surface area contributed by atoms with Gasteiger partial charge < -0.3 is 5.11 Å². The predicted molar refractivity (Wildman–Crippen MR) is 104 cm³/mol. The first kappa shape index (κ1) is 17.1. The van der Waals surface area contributed by atoms with Crippen molar-refractivity contribution in [2.24, 2.45) is 5.10 Å². The molecule has 0 saturated heterocycles. The van der Waals surface area contributed by atoms with E-state index < -0.39 is 0 Å². The maximum atomic E-state index is 10.1. The van der Waals surface area contributed by atoms with Crippen LogP contribution in [0.5, 0.6) is 5.75 Å². The fourth-order valence-corrected chi connectivity index (χ4v) is 3.61. The van der Waals surface area contributed by atoms with Crippen LogP contribution < -0.4 is 0 Å². The van der Waals surface area contributed by atoms with Gasteiger partial charge in [-0.15, -0.1) is 0 Å². The van der Waals surface area contributed by atoms with Gasteiger partial charge in [-0.1, -0.05) is 39.7 Å². The van der Waals surface area contributed by atoms with Crippen molar-refractivity contribution >= 4 is 50.3 Å². The summed E-state index contributed by atoms with van der Waals surface area (Å²) in [5.74, 6) is 0.711. The second-order valence-electron chi connectivity index (χ2n) is 5.10. The Morgan fingerprint density at radius 2 is 2.08 bits per heavy atom. The normalized spacial score (nSPS) is 11.3. The maximum absolute atomic E-state index is 10.1. The zero-order valence-corrected chi connectivity index (χ0v) is 16.5. The molecular weight excluding hydrogens is 456 g/mol. The molecule has 0 aliphatic rings. The van der Waals surface area contributed by atoms with Gasteiger partial charge in [0, 0.05) is 15.6 Å². The molecule has 3 rings (SSSR count). The number of H-pyrrole nitrogens is 1. The molecular formula is C16H12Br2N4OS. The Kier molecular flexibility index (Phi) is 4.98. The van der Waals surface area contributed by atoms with Gasteiger partial charge >= 0.3 is 0 Å². The first-order chi connectivity index (χ1) is 11.5. The molecule has 1 heterocycles. The maximum Gasteiger partial charge on any atom is 0.216 e. The van der Waals surface area contributed by atoms with E-state index in [4.69, 9.17) is 12.2 Å². The number of hydrogen-bond acceptors (Lipinski definition) is 4. The van der Waals surface area contributed by atoms with Crippen LogP contribution in [0, 0.1) is 11.7 Å². The van der Waals surface area contributed by atoms with Gasteiger partial charge in [0.05, 0.1) is 10.7 Å². The monoisotopic (exact) mass is 466 g/mol. The molecule has 24 heavy (non-hydrogen) atoms. The summed E-state index contributed by atoms with van der Waals surface area (Å²) in [5.41, 5.74) is 2.57. The van der Waals surface area contributed by atoms with Crippen LogP contribution in [0.2, 0.25) is 0 Å². The van der Waals surface area contributed by atoms with Crippen molar-refractivity contribution in [1.29, 1.82) is 0 Å². The molecule has 0 aliphatic carbocycles. The fraction of sp³-hybridized carbons (Fsp3) is 0.0625. The van der Waals surface area contributed by atoms with Gasteiger partial charge in [-0.2, -0.15) is 14.9 Å². The van der Waals surface area contributed by atoms with Crippen molar-refractivity contribution in [2.45, 2.75) is 6.92 Å². The Morgan fingerprint density at radius 1 is 1.29 bits per heavy atom. The van der Waals surface area contributed by atoms with Gasteiger partial charge in [-0.25, -0.2) is 5.10 Å². The van der Waals surface area contributed by atoms with Crippen molar-refractivity contribution in [3.05, 3.63) is 61.2 Å². The van der Waals surface area contributed by atoms with Crippen LogP contribution in [-0.4, -0.2) is 26.2 Å². The summed E-state index contributed by atoms with van der Waals surface area (Å²) in [6.45, 7) is 2.01. The van der Waals surface area contributed by atoms with E-state index in [1.807, 2.05) is 31.2 Å². The number of aromatic nitrogens is 3. The summed E-state index contributed by atoms with van der Waals surface area (Å²) in [5, 5.41) is 21.5. The number of phenols is 1. The van der Waals surface area contributed by atoms with Gasteiger partial charge in [0.15, 0.2) is 5.82 Å². The summed E-state index contributed by atoms with van der Waals surface area (Å²) in [6.07, 6.45) is 1.54. The highest BCUT2D eigenvalue weighted by Crippen LogP contribution is 2.30. The van der Waals surface area contributed by atoms with Crippen LogP contribution in [-0.2, 0) is 0 Å². The van der Waals surface area contributed by atoms with Gasteiger partial charge in [0.2, 0.25) is 4.77 Å². The van der Waals surface area contributed by atoms with Gasteiger partial charge in [-0.05, 0) is 53.3 Å². The number of rotatable bonds is 3. The molecule has 2 N–H and O–H groups in total. The first-order valence-electron chi connectivity index (χ1n) is 6.92. The van der Waals surface area contributed by atoms with Crippen LogP contribution in [0.15, 0.2) is 50.4 Å². The summed E-state index contributed by atoms with van der Waals surface area (Å²) >= 11 is 11.9. The third kappa shape index (κ3) is 3.50. The van der Waals surface area contributed by atoms with Crippen molar-refractivity contribution < 1.29 is 5.11 Å². The zero-order chi connectivity index (χ0) is 17.3. The number of phenolic OH excluding ortho intramolecular Hbond substituents is 1. The molecule has 0 radical (unpaired) electrons. The minimum absolute atomic E-state index is 0.106. The minimum atomic E-state index is 0.106. The predicted octanol–water partition coefficient (Wildman–Crippen LogP) is 5.03. The number of aromatic amines is 1. The Bertz CT molecular complexity index is 994. The van der Waals surface area contributed by atoms with E-state index in [9.17, 15) is 5.11 Å². The van der Waals surface area contributed by atoms with Crippen LogP contribution in [0.25, 0.3) is 11.4 Å². The van der Waals surface area contributed by atoms with E-state index >= 15 is 0 Å². The highest BCUT2D eigenvalue weighted by atomic mass is 79.9. The number of hydrogen-bond donors (Lipinski definition) is 2. The molecule has 0 amide bonds. The Hall–Kier alpha value is -1.77. The molecule has 0 aliphatic heterocycles. The molecule has 8 heteroatoms. The number of nitrogens with one attached hydrogen (secondary N) is 1. The molecule has 3 aromatic rings. The topological polar surface area (TPSA) is 66.2 Å². The van der Waals surface area contributed by atoms with Crippen molar-refractivity contribution in [1.82, 2.24) is 14.9 Å². The molecule has 0 atom stereocenters. The Labute approximate surface area is 160 Å². The van der Waals surface area contributed by atoms with Gasteiger partial charge in [0.1, 0.15) is 5.75 Å². The Morgan fingerprint density at radius 3 is 2.83 bits per heavy atom. The molecule has 122 valence electrons. The van der Waals surface area contributed by atoms with E-state index in [0.717, 1.165) is 15.6 Å². The van der Waals surface area contributed by atoms with E-state index in [1.54, 1.807) is 12.1 Å². The molecule has 2 aromatic carbocycles. The third-order valence-corrected chi connectivity index (χ3v) is 4.62. The van der Waals surface area contributed by atoms with Crippen molar-refractivity contribution in [3.8, 4) is 17.1 Å². The molecule has 0 saturated carbocycles. The quantitative estimate of drug-likeness (QED) is 0.419. The lowest BCUT2D eigenvalue weighted by Crippen LogP contribution is -1.96. The summed E-state index contributed by atoms with van der Waals surface area (Å²) in [7, 11) is 0. The average Bonchev–Trinajstić information content (AvgIpc) is 2.90. The van der Waals surface area contributed by atoms with E-state index in [1.165, 1.54) is 10.9 Å². The number of nitrogens with zero attached hydrogens (tertiary/aromatic N) is 3. The van der Waals surface area contributed by atoms with Crippen LogP contribution in [0.4, 0.5) is 0 Å². The largest absolute Gasteiger partial charge is 0.506 e. The lowest BCUT2D eigenvalue weighted by atomic mass is 10.1. The summed E-state index contributed by atoms with van der Waals surface area (Å²) in [4.78, 5) is 0. The number of aromatic hydroxyl groups is 1. The molecule has 0 unspecified atom stereocenters. The minimum Gasteiger partial charge on any atom is -0.506 e. The summed E-state index contributed by atoms with van der Waals surface area (Å²) < 4.78 is 3.30. The number of halogens is 2. The second-order valence-corrected chi connectivity index (χ2v) is 7.26. The molecule has 0 fully saturated rings. The smallest absolute Gasteiger partial charge is 0.216 e. The van der Waals surface area contributed by atoms with E-state index in [2.05, 4.69) is 47.2 Å². The fourth-order valence-electron chi connectivity index (χ4n) is 2.17. The van der Waals surface area contributed by atoms with Crippen LogP contribution in [0.1, 0.15) is 11.1 Å².